The number of aromatic amines is 1. The molecular weight excluding hydrogens is 396 g/mol. The van der Waals surface area contributed by atoms with Gasteiger partial charge in [0.2, 0.25) is 0 Å². The van der Waals surface area contributed by atoms with Crippen LogP contribution in [0.1, 0.15) is 56.9 Å². The molecule has 1 aromatic heterocycles. The molecule has 5 rings (SSSR count). The van der Waals surface area contributed by atoms with Crippen molar-refractivity contribution < 1.29 is 4.74 Å². The van der Waals surface area contributed by atoms with Crippen molar-refractivity contribution in [1.29, 1.82) is 0 Å². The van der Waals surface area contributed by atoms with Gasteiger partial charge in [0.15, 0.2) is 5.43 Å². The third kappa shape index (κ3) is 4.09. The van der Waals surface area contributed by atoms with Crippen molar-refractivity contribution in [2.24, 2.45) is 10.8 Å². The molecule has 2 fully saturated rings. The molecule has 0 unspecified atom stereocenters. The molecule has 2 atom stereocenters. The second kappa shape index (κ2) is 7.77. The molecule has 2 heterocycles. The Kier molecular flexibility index (Phi) is 5.16. The third-order valence-corrected chi connectivity index (χ3v) is 7.42. The quantitative estimate of drug-likeness (QED) is 0.555. The van der Waals surface area contributed by atoms with Crippen LogP contribution in [0.4, 0.5) is 0 Å². The van der Waals surface area contributed by atoms with Crippen LogP contribution >= 0.6 is 0 Å². The van der Waals surface area contributed by atoms with Crippen LogP contribution in [0.15, 0.2) is 53.3 Å². The third-order valence-electron chi connectivity index (χ3n) is 7.42. The Morgan fingerprint density at radius 1 is 1.09 bits per heavy atom. The van der Waals surface area contributed by atoms with E-state index in [1.807, 2.05) is 55.5 Å². The van der Waals surface area contributed by atoms with Gasteiger partial charge in [-0.3, -0.25) is 9.69 Å². The number of hydrogen-bond acceptors (Lipinski definition) is 3. The maximum atomic E-state index is 13.6. The second-order valence-corrected chi connectivity index (χ2v) is 11.2. The summed E-state index contributed by atoms with van der Waals surface area (Å²) in [7, 11) is 0. The van der Waals surface area contributed by atoms with Crippen molar-refractivity contribution in [2.45, 2.75) is 66.2 Å². The van der Waals surface area contributed by atoms with Crippen LogP contribution in [-0.2, 0) is 13.2 Å². The van der Waals surface area contributed by atoms with E-state index in [1.54, 1.807) is 0 Å². The predicted molar refractivity (Wildman–Crippen MR) is 130 cm³/mol. The lowest BCUT2D eigenvalue weighted by atomic mass is 9.65. The lowest BCUT2D eigenvalue weighted by Gasteiger charge is -2.40. The number of likely N-dealkylation sites (tertiary alicyclic amines) is 1. The first-order valence-corrected chi connectivity index (χ1v) is 11.8. The van der Waals surface area contributed by atoms with Crippen LogP contribution in [0.3, 0.4) is 0 Å². The van der Waals surface area contributed by atoms with Crippen molar-refractivity contribution in [3.63, 3.8) is 0 Å². The van der Waals surface area contributed by atoms with Crippen molar-refractivity contribution in [1.82, 2.24) is 9.88 Å². The zero-order valence-corrected chi connectivity index (χ0v) is 19.7. The summed E-state index contributed by atoms with van der Waals surface area (Å²) in [5, 5.41) is 0.713. The SMILES string of the molecule is Cc1[nH]c2ccc(OCc3ccccc3)cc2c(=O)c1CN1C[C@@]2(C)C[C@@H]1CC(C)(C)C2. The van der Waals surface area contributed by atoms with E-state index >= 15 is 0 Å². The van der Waals surface area contributed by atoms with Gasteiger partial charge in [-0.2, -0.15) is 0 Å². The molecule has 168 valence electrons. The lowest BCUT2D eigenvalue weighted by molar-refractivity contribution is 0.126. The number of aromatic nitrogens is 1. The van der Waals surface area contributed by atoms with E-state index in [1.165, 1.54) is 19.3 Å². The van der Waals surface area contributed by atoms with Gasteiger partial charge in [-0.25, -0.2) is 0 Å². The van der Waals surface area contributed by atoms with Crippen LogP contribution in [-0.4, -0.2) is 22.5 Å². The zero-order chi connectivity index (χ0) is 22.5. The van der Waals surface area contributed by atoms with Gasteiger partial charge in [0.1, 0.15) is 12.4 Å². The Hall–Kier alpha value is -2.59. The molecule has 0 spiro atoms. The Bertz CT molecular complexity index is 1200. The molecule has 1 saturated carbocycles. The van der Waals surface area contributed by atoms with E-state index in [9.17, 15) is 4.79 Å². The van der Waals surface area contributed by atoms with E-state index in [0.717, 1.165) is 41.2 Å². The standard InChI is InChI=1S/C28H34N2O2/c1-19-24(15-30-18-28(4)14-21(30)13-27(2,3)17-28)26(31)23-12-22(10-11-25(23)29-19)32-16-20-8-6-5-7-9-20/h5-12,21H,13-18H2,1-4H3,(H,29,31)/t21-,28-/m0/s1. The Labute approximate surface area is 190 Å². The number of aryl methyl sites for hydroxylation is 1. The molecule has 0 radical (unpaired) electrons. The van der Waals surface area contributed by atoms with Gasteiger partial charge >= 0.3 is 0 Å². The molecule has 32 heavy (non-hydrogen) atoms. The van der Waals surface area contributed by atoms with Gasteiger partial charge in [-0.1, -0.05) is 51.1 Å². The first-order valence-electron chi connectivity index (χ1n) is 11.8. The number of pyridine rings is 1. The smallest absolute Gasteiger partial charge is 0.194 e. The van der Waals surface area contributed by atoms with Crippen molar-refractivity contribution in [3.05, 3.63) is 75.6 Å². The molecule has 4 nitrogen and oxygen atoms in total. The fourth-order valence-electron chi connectivity index (χ4n) is 6.42. The number of benzene rings is 2. The highest BCUT2D eigenvalue weighted by Gasteiger charge is 2.49. The molecular formula is C28H34N2O2. The topological polar surface area (TPSA) is 45.3 Å². The first kappa shape index (κ1) is 21.3. The molecule has 3 aromatic rings. The number of ether oxygens (including phenoxy) is 1. The fourth-order valence-corrected chi connectivity index (χ4v) is 6.42. The highest BCUT2D eigenvalue weighted by Crippen LogP contribution is 2.52. The van der Waals surface area contributed by atoms with Gasteiger partial charge in [0, 0.05) is 41.3 Å². The van der Waals surface area contributed by atoms with E-state index in [-0.39, 0.29) is 5.43 Å². The predicted octanol–water partition coefficient (Wildman–Crippen LogP) is 5.82. The maximum absolute atomic E-state index is 13.6. The molecule has 2 bridgehead atoms. The van der Waals surface area contributed by atoms with E-state index < -0.39 is 0 Å². The monoisotopic (exact) mass is 430 g/mol. The van der Waals surface area contributed by atoms with Crippen LogP contribution in [0.2, 0.25) is 0 Å². The summed E-state index contributed by atoms with van der Waals surface area (Å²) in [5.41, 5.74) is 4.73. The van der Waals surface area contributed by atoms with Gasteiger partial charge in [-0.05, 0) is 60.8 Å². The Balaban J connectivity index is 1.42. The maximum Gasteiger partial charge on any atom is 0.194 e. The van der Waals surface area contributed by atoms with Gasteiger partial charge in [-0.15, -0.1) is 0 Å². The number of rotatable bonds is 5. The molecule has 1 aliphatic carbocycles. The highest BCUT2D eigenvalue weighted by atomic mass is 16.5. The van der Waals surface area contributed by atoms with E-state index in [4.69, 9.17) is 4.74 Å². The van der Waals surface area contributed by atoms with Crippen molar-refractivity contribution in [3.8, 4) is 5.75 Å². The summed E-state index contributed by atoms with van der Waals surface area (Å²) >= 11 is 0. The number of nitrogens with zero attached hydrogens (tertiary/aromatic N) is 1. The van der Waals surface area contributed by atoms with Gasteiger partial charge in [0.05, 0.1) is 0 Å². The van der Waals surface area contributed by atoms with Gasteiger partial charge in [0.25, 0.3) is 0 Å². The van der Waals surface area contributed by atoms with Crippen LogP contribution in [0.5, 0.6) is 5.75 Å². The van der Waals surface area contributed by atoms with Crippen LogP contribution in [0, 0.1) is 17.8 Å². The number of hydrogen-bond donors (Lipinski definition) is 1. The van der Waals surface area contributed by atoms with E-state index in [0.29, 0.717) is 28.9 Å². The number of nitrogens with one attached hydrogen (secondary N) is 1. The number of H-pyrrole nitrogens is 1. The number of fused-ring (bicyclic) bond motifs is 3. The minimum Gasteiger partial charge on any atom is -0.489 e. The minimum atomic E-state index is 0.132. The zero-order valence-electron chi connectivity index (χ0n) is 19.7. The second-order valence-electron chi connectivity index (χ2n) is 11.2. The van der Waals surface area contributed by atoms with Gasteiger partial charge < -0.3 is 9.72 Å². The van der Waals surface area contributed by atoms with Crippen LogP contribution in [0.25, 0.3) is 10.9 Å². The molecule has 2 aromatic carbocycles. The molecule has 1 aliphatic heterocycles. The normalized spacial score (nSPS) is 24.7. The minimum absolute atomic E-state index is 0.132. The summed E-state index contributed by atoms with van der Waals surface area (Å²) in [5.74, 6) is 0.730. The lowest BCUT2D eigenvalue weighted by Crippen LogP contribution is -2.35. The summed E-state index contributed by atoms with van der Waals surface area (Å²) in [6, 6.07) is 16.5. The van der Waals surface area contributed by atoms with Crippen molar-refractivity contribution >= 4 is 10.9 Å². The highest BCUT2D eigenvalue weighted by molar-refractivity contribution is 5.81. The summed E-state index contributed by atoms with van der Waals surface area (Å²) in [6.07, 6.45) is 3.73. The Morgan fingerprint density at radius 3 is 2.66 bits per heavy atom. The van der Waals surface area contributed by atoms with Crippen molar-refractivity contribution in [2.75, 3.05) is 6.54 Å². The fraction of sp³-hybridized carbons (Fsp3) is 0.464. The van der Waals surface area contributed by atoms with Crippen LogP contribution < -0.4 is 10.2 Å². The van der Waals surface area contributed by atoms with E-state index in [2.05, 4.69) is 30.7 Å². The molecule has 0 amide bonds. The summed E-state index contributed by atoms with van der Waals surface area (Å²) in [4.78, 5) is 19.6. The first-order chi connectivity index (χ1) is 15.2. The Morgan fingerprint density at radius 2 is 1.88 bits per heavy atom. The molecule has 1 N–H and O–H groups in total. The largest absolute Gasteiger partial charge is 0.489 e. The molecule has 1 saturated heterocycles. The average molecular weight is 431 g/mol. The molecule has 4 heteroatoms. The summed E-state index contributed by atoms with van der Waals surface area (Å²) < 4.78 is 5.99. The summed E-state index contributed by atoms with van der Waals surface area (Å²) in [6.45, 7) is 11.5. The average Bonchev–Trinajstić information content (AvgIpc) is 2.98. The molecule has 2 aliphatic rings.